The molecule has 1 atom stereocenters. The summed E-state index contributed by atoms with van der Waals surface area (Å²) in [5, 5.41) is 11.9. The molecule has 0 radical (unpaired) electrons. The number of aromatic hydroxyl groups is 1. The lowest BCUT2D eigenvalue weighted by Crippen LogP contribution is -2.33. The van der Waals surface area contributed by atoms with E-state index < -0.39 is 6.10 Å². The predicted molar refractivity (Wildman–Crippen MR) is 56.4 cm³/mol. The van der Waals surface area contributed by atoms with Gasteiger partial charge in [-0.3, -0.25) is 4.79 Å². The summed E-state index contributed by atoms with van der Waals surface area (Å²) in [5.74, 6) is 0.0300. The Morgan fingerprint density at radius 1 is 1.60 bits per heavy atom. The number of methoxy groups -OCH3 is 1. The van der Waals surface area contributed by atoms with Gasteiger partial charge in [-0.1, -0.05) is 12.1 Å². The number of phenols is 1. The highest BCUT2D eigenvalue weighted by atomic mass is 16.5. The predicted octanol–water partition coefficient (Wildman–Crippen LogP) is 1.04. The number of phenolic OH excluding ortho intramolecular Hbond substituents is 1. The van der Waals surface area contributed by atoms with Gasteiger partial charge in [-0.05, 0) is 24.6 Å². The standard InChI is InChI=1S/C11H15NO3/c1-8(15-2)11(14)12-7-9-4-3-5-10(13)6-9/h3-6,8,13H,7H2,1-2H3,(H,12,14). The Labute approximate surface area is 88.9 Å². The zero-order chi connectivity index (χ0) is 11.3. The molecule has 0 aliphatic heterocycles. The molecule has 0 fully saturated rings. The van der Waals surface area contributed by atoms with E-state index in [1.165, 1.54) is 7.11 Å². The topological polar surface area (TPSA) is 58.6 Å². The lowest BCUT2D eigenvalue weighted by Gasteiger charge is -2.10. The SMILES string of the molecule is COC(C)C(=O)NCc1cccc(O)c1. The Morgan fingerprint density at radius 3 is 2.93 bits per heavy atom. The summed E-state index contributed by atoms with van der Waals surface area (Å²) < 4.78 is 4.86. The molecule has 82 valence electrons. The van der Waals surface area contributed by atoms with Gasteiger partial charge < -0.3 is 15.2 Å². The Balaban J connectivity index is 2.47. The van der Waals surface area contributed by atoms with Gasteiger partial charge in [-0.25, -0.2) is 0 Å². The molecule has 4 nitrogen and oxygen atoms in total. The quantitative estimate of drug-likeness (QED) is 0.779. The summed E-state index contributed by atoms with van der Waals surface area (Å²) >= 11 is 0. The zero-order valence-electron chi connectivity index (χ0n) is 8.86. The van der Waals surface area contributed by atoms with Crippen LogP contribution in [0.25, 0.3) is 0 Å². The average molecular weight is 209 g/mol. The first-order valence-electron chi connectivity index (χ1n) is 4.72. The van der Waals surface area contributed by atoms with E-state index in [9.17, 15) is 9.90 Å². The minimum atomic E-state index is -0.456. The van der Waals surface area contributed by atoms with Crippen LogP contribution in [-0.2, 0) is 16.1 Å². The van der Waals surface area contributed by atoms with Crippen LogP contribution < -0.4 is 5.32 Å². The lowest BCUT2D eigenvalue weighted by atomic mass is 10.2. The van der Waals surface area contributed by atoms with Gasteiger partial charge in [0.2, 0.25) is 5.91 Å². The van der Waals surface area contributed by atoms with Crippen LogP contribution in [0, 0.1) is 0 Å². The summed E-state index contributed by atoms with van der Waals surface area (Å²) in [5.41, 5.74) is 0.853. The van der Waals surface area contributed by atoms with Gasteiger partial charge in [0.05, 0.1) is 0 Å². The van der Waals surface area contributed by atoms with E-state index in [4.69, 9.17) is 4.74 Å². The van der Waals surface area contributed by atoms with Crippen molar-refractivity contribution >= 4 is 5.91 Å². The third-order valence-electron chi connectivity index (χ3n) is 2.10. The summed E-state index contributed by atoms with van der Waals surface area (Å²) in [4.78, 5) is 11.3. The molecule has 4 heteroatoms. The van der Waals surface area contributed by atoms with Crippen molar-refractivity contribution in [2.45, 2.75) is 19.6 Å². The summed E-state index contributed by atoms with van der Waals surface area (Å²) in [7, 11) is 1.48. The number of carbonyl (C=O) groups is 1. The van der Waals surface area contributed by atoms with E-state index in [0.29, 0.717) is 6.54 Å². The molecular weight excluding hydrogens is 194 g/mol. The number of hydrogen-bond donors (Lipinski definition) is 2. The molecular formula is C11H15NO3. The molecule has 0 heterocycles. The largest absolute Gasteiger partial charge is 0.508 e. The van der Waals surface area contributed by atoms with Crippen LogP contribution in [0.5, 0.6) is 5.75 Å². The summed E-state index contributed by atoms with van der Waals surface area (Å²) in [6.07, 6.45) is -0.456. The molecule has 15 heavy (non-hydrogen) atoms. The maximum atomic E-state index is 11.3. The van der Waals surface area contributed by atoms with Crippen molar-refractivity contribution in [3.8, 4) is 5.75 Å². The van der Waals surface area contributed by atoms with Crippen LogP contribution >= 0.6 is 0 Å². The highest BCUT2D eigenvalue weighted by molar-refractivity contribution is 5.80. The molecule has 0 spiro atoms. The first-order valence-corrected chi connectivity index (χ1v) is 4.72. The van der Waals surface area contributed by atoms with E-state index in [2.05, 4.69) is 5.32 Å². The van der Waals surface area contributed by atoms with Crippen molar-refractivity contribution in [1.82, 2.24) is 5.32 Å². The van der Waals surface area contributed by atoms with Gasteiger partial charge in [0, 0.05) is 13.7 Å². The summed E-state index contributed by atoms with van der Waals surface area (Å²) in [6.45, 7) is 2.07. The van der Waals surface area contributed by atoms with Gasteiger partial charge in [-0.2, -0.15) is 0 Å². The number of ether oxygens (including phenoxy) is 1. The molecule has 0 saturated heterocycles. The fraction of sp³-hybridized carbons (Fsp3) is 0.364. The molecule has 0 bridgehead atoms. The van der Waals surface area contributed by atoms with Gasteiger partial charge in [0.1, 0.15) is 11.9 Å². The van der Waals surface area contributed by atoms with Crippen molar-refractivity contribution in [3.05, 3.63) is 29.8 Å². The number of nitrogens with one attached hydrogen (secondary N) is 1. The van der Waals surface area contributed by atoms with Crippen LogP contribution in [0.2, 0.25) is 0 Å². The van der Waals surface area contributed by atoms with Crippen LogP contribution in [0.3, 0.4) is 0 Å². The van der Waals surface area contributed by atoms with Crippen LogP contribution in [-0.4, -0.2) is 24.2 Å². The van der Waals surface area contributed by atoms with Gasteiger partial charge in [0.15, 0.2) is 0 Å². The minimum Gasteiger partial charge on any atom is -0.508 e. The number of carbonyl (C=O) groups excluding carboxylic acids is 1. The highest BCUT2D eigenvalue weighted by Gasteiger charge is 2.10. The van der Waals surface area contributed by atoms with E-state index in [1.54, 1.807) is 25.1 Å². The second-order valence-corrected chi connectivity index (χ2v) is 3.27. The van der Waals surface area contributed by atoms with Crippen LogP contribution in [0.4, 0.5) is 0 Å². The maximum absolute atomic E-state index is 11.3. The van der Waals surface area contributed by atoms with E-state index in [1.807, 2.05) is 6.07 Å². The van der Waals surface area contributed by atoms with Crippen LogP contribution in [0.15, 0.2) is 24.3 Å². The van der Waals surface area contributed by atoms with Crippen molar-refractivity contribution < 1.29 is 14.6 Å². The number of amides is 1. The molecule has 1 aromatic rings. The smallest absolute Gasteiger partial charge is 0.249 e. The molecule has 0 saturated carbocycles. The zero-order valence-corrected chi connectivity index (χ0v) is 8.86. The van der Waals surface area contributed by atoms with Crippen LogP contribution in [0.1, 0.15) is 12.5 Å². The fourth-order valence-electron chi connectivity index (χ4n) is 1.11. The molecule has 0 aliphatic carbocycles. The molecule has 1 amide bonds. The van der Waals surface area contributed by atoms with Gasteiger partial charge in [0.25, 0.3) is 0 Å². The maximum Gasteiger partial charge on any atom is 0.249 e. The molecule has 1 rings (SSSR count). The van der Waals surface area contributed by atoms with E-state index in [-0.39, 0.29) is 11.7 Å². The highest BCUT2D eigenvalue weighted by Crippen LogP contribution is 2.10. The van der Waals surface area contributed by atoms with Crippen molar-refractivity contribution in [1.29, 1.82) is 0 Å². The third-order valence-corrected chi connectivity index (χ3v) is 2.10. The molecule has 2 N–H and O–H groups in total. The van der Waals surface area contributed by atoms with Crippen molar-refractivity contribution in [2.75, 3.05) is 7.11 Å². The van der Waals surface area contributed by atoms with Gasteiger partial charge in [-0.15, -0.1) is 0 Å². The van der Waals surface area contributed by atoms with Crippen molar-refractivity contribution in [2.24, 2.45) is 0 Å². The Bertz CT molecular complexity index is 338. The molecule has 0 aliphatic rings. The Morgan fingerprint density at radius 2 is 2.33 bits per heavy atom. The molecule has 1 aromatic carbocycles. The lowest BCUT2D eigenvalue weighted by molar-refractivity contribution is -0.130. The molecule has 1 unspecified atom stereocenters. The van der Waals surface area contributed by atoms with Crippen molar-refractivity contribution in [3.63, 3.8) is 0 Å². The normalized spacial score (nSPS) is 12.1. The average Bonchev–Trinajstić information content (AvgIpc) is 2.25. The Kier molecular flexibility index (Phi) is 4.12. The molecule has 0 aromatic heterocycles. The second kappa shape index (κ2) is 5.36. The fourth-order valence-corrected chi connectivity index (χ4v) is 1.11. The number of rotatable bonds is 4. The number of hydrogen-bond acceptors (Lipinski definition) is 3. The first kappa shape index (κ1) is 11.5. The second-order valence-electron chi connectivity index (χ2n) is 3.27. The van der Waals surface area contributed by atoms with E-state index in [0.717, 1.165) is 5.56 Å². The first-order chi connectivity index (χ1) is 7.13. The minimum absolute atomic E-state index is 0.166. The monoisotopic (exact) mass is 209 g/mol. The van der Waals surface area contributed by atoms with E-state index >= 15 is 0 Å². The third kappa shape index (κ3) is 3.59. The Hall–Kier alpha value is -1.55. The summed E-state index contributed by atoms with van der Waals surface area (Å²) in [6, 6.07) is 6.76. The number of benzene rings is 1. The van der Waals surface area contributed by atoms with Gasteiger partial charge >= 0.3 is 0 Å².